The zero-order valence-electron chi connectivity index (χ0n) is 10.0. The molecule has 0 amide bonds. The van der Waals surface area contributed by atoms with Gasteiger partial charge >= 0.3 is 6.18 Å². The molecule has 2 nitrogen and oxygen atoms in total. The zero-order valence-corrected chi connectivity index (χ0v) is 12.4. The molecule has 1 heterocycles. The Bertz CT molecular complexity index is 586. The minimum atomic E-state index is -4.41. The van der Waals surface area contributed by atoms with Gasteiger partial charge in [0.1, 0.15) is 0 Å². The van der Waals surface area contributed by atoms with Crippen LogP contribution in [0.25, 0.3) is 0 Å². The van der Waals surface area contributed by atoms with Crippen LogP contribution in [0.3, 0.4) is 0 Å². The summed E-state index contributed by atoms with van der Waals surface area (Å²) in [4.78, 5) is 4.71. The summed E-state index contributed by atoms with van der Waals surface area (Å²) in [7, 11) is 0. The van der Waals surface area contributed by atoms with Gasteiger partial charge in [-0.25, -0.2) is 4.98 Å². The summed E-state index contributed by atoms with van der Waals surface area (Å²) in [5, 5.41) is -0.253. The van der Waals surface area contributed by atoms with E-state index in [9.17, 15) is 13.2 Å². The van der Waals surface area contributed by atoms with Gasteiger partial charge in [-0.05, 0) is 18.2 Å². The Morgan fingerprint density at radius 1 is 1.40 bits per heavy atom. The predicted molar refractivity (Wildman–Crippen MR) is 76.2 cm³/mol. The summed E-state index contributed by atoms with van der Waals surface area (Å²) < 4.78 is 37.3. The number of thiazole rings is 1. The summed E-state index contributed by atoms with van der Waals surface area (Å²) in [6, 6.07) is 6.73. The van der Waals surface area contributed by atoms with E-state index in [0.717, 1.165) is 4.90 Å². The number of nitrogens with two attached hydrogens (primary N) is 1. The van der Waals surface area contributed by atoms with Gasteiger partial charge in [-0.1, -0.05) is 17.7 Å². The van der Waals surface area contributed by atoms with Gasteiger partial charge in [0, 0.05) is 26.7 Å². The smallest absolute Gasteiger partial charge is 0.323 e. The lowest BCUT2D eigenvalue weighted by Crippen LogP contribution is -2.11. The van der Waals surface area contributed by atoms with Crippen LogP contribution in [-0.4, -0.2) is 10.7 Å². The molecule has 1 aromatic carbocycles. The van der Waals surface area contributed by atoms with Crippen molar-refractivity contribution in [2.75, 3.05) is 5.75 Å². The standard InChI is InChI=1S/C12H10ClF3N2S2/c13-7-2-1-3-8(4-7)19-6-9(17)10-5-18-11(20-10)12(14,15)16/h1-5,9H,6,17H2. The van der Waals surface area contributed by atoms with Crippen LogP contribution in [0.1, 0.15) is 15.9 Å². The number of hydrogen-bond donors (Lipinski definition) is 1. The van der Waals surface area contributed by atoms with Crippen LogP contribution in [0.15, 0.2) is 35.4 Å². The van der Waals surface area contributed by atoms with E-state index in [4.69, 9.17) is 17.3 Å². The van der Waals surface area contributed by atoms with Crippen molar-refractivity contribution in [2.45, 2.75) is 17.1 Å². The van der Waals surface area contributed by atoms with E-state index in [2.05, 4.69) is 4.98 Å². The van der Waals surface area contributed by atoms with Gasteiger partial charge in [0.05, 0.1) is 6.04 Å². The number of benzene rings is 1. The molecule has 0 spiro atoms. The molecule has 1 aromatic heterocycles. The maximum Gasteiger partial charge on any atom is 0.443 e. The SMILES string of the molecule is NC(CSc1cccc(Cl)c1)c1cnc(C(F)(F)F)s1. The van der Waals surface area contributed by atoms with Crippen LogP contribution in [0.5, 0.6) is 0 Å². The van der Waals surface area contributed by atoms with E-state index in [0.29, 0.717) is 27.0 Å². The van der Waals surface area contributed by atoms with Crippen molar-refractivity contribution in [3.63, 3.8) is 0 Å². The average Bonchev–Trinajstić information content (AvgIpc) is 2.85. The monoisotopic (exact) mass is 338 g/mol. The molecule has 0 radical (unpaired) electrons. The quantitative estimate of drug-likeness (QED) is 0.827. The first-order valence-corrected chi connectivity index (χ1v) is 7.71. The molecule has 1 unspecified atom stereocenters. The van der Waals surface area contributed by atoms with E-state index < -0.39 is 17.2 Å². The molecule has 0 bridgehead atoms. The number of aromatic nitrogens is 1. The number of alkyl halides is 3. The lowest BCUT2D eigenvalue weighted by Gasteiger charge is -2.08. The predicted octanol–water partition coefficient (Wildman–Crippen LogP) is 4.61. The van der Waals surface area contributed by atoms with Crippen LogP contribution in [0.2, 0.25) is 5.02 Å². The summed E-state index contributed by atoms with van der Waals surface area (Å²) in [6.07, 6.45) is -3.22. The fourth-order valence-electron chi connectivity index (χ4n) is 1.41. The molecule has 8 heteroatoms. The molecule has 0 aliphatic carbocycles. The average molecular weight is 339 g/mol. The van der Waals surface area contributed by atoms with E-state index in [1.165, 1.54) is 18.0 Å². The molecule has 2 rings (SSSR count). The summed E-state index contributed by atoms with van der Waals surface area (Å²) >= 11 is 7.88. The number of halogens is 4. The Balaban J connectivity index is 1.98. The largest absolute Gasteiger partial charge is 0.443 e. The van der Waals surface area contributed by atoms with Crippen molar-refractivity contribution in [1.82, 2.24) is 4.98 Å². The fraction of sp³-hybridized carbons (Fsp3) is 0.250. The van der Waals surface area contributed by atoms with Gasteiger partial charge in [0.15, 0.2) is 5.01 Å². The second-order valence-electron chi connectivity index (χ2n) is 3.94. The van der Waals surface area contributed by atoms with Gasteiger partial charge in [0.2, 0.25) is 0 Å². The molecule has 0 saturated carbocycles. The molecule has 108 valence electrons. The van der Waals surface area contributed by atoms with Crippen molar-refractivity contribution in [3.05, 3.63) is 45.4 Å². The molecule has 20 heavy (non-hydrogen) atoms. The molecule has 2 aromatic rings. The highest BCUT2D eigenvalue weighted by molar-refractivity contribution is 7.99. The Labute approximate surface area is 127 Å². The third-order valence-corrected chi connectivity index (χ3v) is 4.88. The van der Waals surface area contributed by atoms with Gasteiger partial charge < -0.3 is 5.73 Å². The summed E-state index contributed by atoms with van der Waals surface area (Å²) in [5.41, 5.74) is 5.89. The van der Waals surface area contributed by atoms with Crippen LogP contribution in [0, 0.1) is 0 Å². The Morgan fingerprint density at radius 2 is 2.15 bits per heavy atom. The molecular weight excluding hydrogens is 329 g/mol. The number of hydrogen-bond acceptors (Lipinski definition) is 4. The molecule has 0 saturated heterocycles. The maximum absolute atomic E-state index is 12.4. The number of rotatable bonds is 4. The molecule has 0 aliphatic rings. The van der Waals surface area contributed by atoms with Gasteiger partial charge in [-0.2, -0.15) is 13.2 Å². The van der Waals surface area contributed by atoms with Gasteiger partial charge in [-0.3, -0.25) is 0 Å². The number of thioether (sulfide) groups is 1. The highest BCUT2D eigenvalue weighted by Crippen LogP contribution is 2.35. The van der Waals surface area contributed by atoms with Crippen molar-refractivity contribution >= 4 is 34.7 Å². The first-order chi connectivity index (χ1) is 9.36. The maximum atomic E-state index is 12.4. The lowest BCUT2D eigenvalue weighted by atomic mass is 10.3. The Hall–Kier alpha value is -0.760. The molecule has 0 aliphatic heterocycles. The van der Waals surface area contributed by atoms with Crippen LogP contribution >= 0.6 is 34.7 Å². The minimum Gasteiger partial charge on any atom is -0.323 e. The van der Waals surface area contributed by atoms with Crippen molar-refractivity contribution in [2.24, 2.45) is 5.73 Å². The van der Waals surface area contributed by atoms with Crippen molar-refractivity contribution in [3.8, 4) is 0 Å². The highest BCUT2D eigenvalue weighted by Gasteiger charge is 2.35. The normalized spacial score (nSPS) is 13.4. The van der Waals surface area contributed by atoms with Crippen LogP contribution in [0.4, 0.5) is 13.2 Å². The van der Waals surface area contributed by atoms with Crippen LogP contribution < -0.4 is 5.73 Å². The molecule has 0 fully saturated rings. The van der Waals surface area contributed by atoms with E-state index in [1.54, 1.807) is 12.1 Å². The van der Waals surface area contributed by atoms with Crippen molar-refractivity contribution < 1.29 is 13.2 Å². The first kappa shape index (κ1) is 15.6. The number of nitrogens with zero attached hydrogens (tertiary/aromatic N) is 1. The van der Waals surface area contributed by atoms with Gasteiger partial charge in [-0.15, -0.1) is 23.1 Å². The van der Waals surface area contributed by atoms with E-state index in [1.807, 2.05) is 12.1 Å². The van der Waals surface area contributed by atoms with Gasteiger partial charge in [0.25, 0.3) is 0 Å². The summed E-state index contributed by atoms with van der Waals surface area (Å²) in [6.45, 7) is 0. The van der Waals surface area contributed by atoms with Crippen LogP contribution in [-0.2, 0) is 6.18 Å². The third-order valence-electron chi connectivity index (χ3n) is 2.36. The zero-order chi connectivity index (χ0) is 14.8. The second-order valence-corrected chi connectivity index (χ2v) is 6.53. The lowest BCUT2D eigenvalue weighted by molar-refractivity contribution is -0.137. The van der Waals surface area contributed by atoms with E-state index in [-0.39, 0.29) is 0 Å². The topological polar surface area (TPSA) is 38.9 Å². The van der Waals surface area contributed by atoms with Crippen molar-refractivity contribution in [1.29, 1.82) is 0 Å². The molecule has 2 N–H and O–H groups in total. The highest BCUT2D eigenvalue weighted by atomic mass is 35.5. The Kier molecular flexibility index (Phi) is 4.95. The second kappa shape index (κ2) is 6.34. The fourth-order valence-corrected chi connectivity index (χ4v) is 3.50. The first-order valence-electron chi connectivity index (χ1n) is 5.53. The molecule has 1 atom stereocenters. The Morgan fingerprint density at radius 3 is 2.75 bits per heavy atom. The summed E-state index contributed by atoms with van der Waals surface area (Å²) in [5.74, 6) is 0.458. The third kappa shape index (κ3) is 4.12. The minimum absolute atomic E-state index is 0.423. The molecular formula is C12H10ClF3N2S2. The van der Waals surface area contributed by atoms with E-state index >= 15 is 0 Å².